The van der Waals surface area contributed by atoms with E-state index in [9.17, 15) is 39.0 Å². The maximum Gasteiger partial charge on any atom is 0.327 e. The van der Waals surface area contributed by atoms with E-state index in [-0.39, 0.29) is 57.7 Å². The highest BCUT2D eigenvalue weighted by Crippen LogP contribution is 2.51. The largest absolute Gasteiger partial charge is 0.484 e. The van der Waals surface area contributed by atoms with Crippen LogP contribution in [0.5, 0.6) is 11.5 Å². The lowest BCUT2D eigenvalue weighted by molar-refractivity contribution is -0.161. The molecule has 8 rings (SSSR count). The fourth-order valence-corrected chi connectivity index (χ4v) is 11.1. The first kappa shape index (κ1) is 59.9. The van der Waals surface area contributed by atoms with Crippen LogP contribution in [0.3, 0.4) is 0 Å². The minimum Gasteiger partial charge on any atom is -0.484 e. The minimum atomic E-state index is -1.03. The molecule has 0 spiro atoms. The van der Waals surface area contributed by atoms with Gasteiger partial charge >= 0.3 is 11.9 Å². The lowest BCUT2D eigenvalue weighted by Gasteiger charge is -2.43. The van der Waals surface area contributed by atoms with E-state index in [1.54, 1.807) is 76.2 Å². The summed E-state index contributed by atoms with van der Waals surface area (Å²) in [5.41, 5.74) is 2.67. The number of nitrogens with zero attached hydrogens (tertiary/aromatic N) is 2. The van der Waals surface area contributed by atoms with Gasteiger partial charge in [-0.3, -0.25) is 19.2 Å². The number of ether oxygens (including phenoxy) is 2. The number of β-lactam (4-membered cyclic amide) rings is 2. The number of hydrogen-bond acceptors (Lipinski definition) is 12. The number of benzene rings is 4. The van der Waals surface area contributed by atoms with E-state index < -0.39 is 57.4 Å². The van der Waals surface area contributed by atoms with Crippen LogP contribution in [0.2, 0.25) is 0 Å². The van der Waals surface area contributed by atoms with Crippen LogP contribution in [-0.4, -0.2) is 148 Å². The predicted molar refractivity (Wildman–Crippen MR) is 266 cm³/mol. The van der Waals surface area contributed by atoms with Gasteiger partial charge in [-0.15, -0.1) is 23.5 Å². The van der Waals surface area contributed by atoms with Crippen LogP contribution in [0.4, 0.5) is 0 Å². The van der Waals surface area contributed by atoms with Gasteiger partial charge in [0.15, 0.2) is 13.2 Å². The predicted octanol–water partition coefficient (Wildman–Crippen LogP) is 0.661. The number of thioether (sulfide) groups is 2. The van der Waals surface area contributed by atoms with Gasteiger partial charge in [0.05, 0.1) is 0 Å². The van der Waals surface area contributed by atoms with Crippen molar-refractivity contribution >= 4 is 59.1 Å². The zero-order valence-electron chi connectivity index (χ0n) is 39.1. The third kappa shape index (κ3) is 15.1. The molecule has 0 aliphatic carbocycles. The fourth-order valence-electron chi connectivity index (χ4n) is 7.89. The standard InChI is InChI=1S/2C16H18N2O5S.C16H20N2.4H2O/c2*1-16(2)12(15(21)22)18-13(20)11(14(18)24-16)17-10(19)8-23-9-6-4-3-5-7-9;1-3-7-15(8-4-1)13-17-11-12-18-14-16-9-5-2-6-10-16;;;;/h2*3-7,11-12,14H,8H2,1-2H3,(H,17,19)(H,21,22);1-10,17-18H,11-14H2;4*1H2. The molecule has 0 aromatic heterocycles. The molecular formula is C48H64N6O14S2. The summed E-state index contributed by atoms with van der Waals surface area (Å²) >= 11 is 2.78. The van der Waals surface area contributed by atoms with Crippen LogP contribution in [0.1, 0.15) is 38.8 Å². The van der Waals surface area contributed by atoms with Gasteiger partial charge in [0, 0.05) is 35.7 Å². The topological polar surface area (TPSA) is 342 Å². The van der Waals surface area contributed by atoms with Crippen molar-refractivity contribution in [3.8, 4) is 11.5 Å². The Labute approximate surface area is 414 Å². The van der Waals surface area contributed by atoms with Crippen LogP contribution >= 0.6 is 23.5 Å². The van der Waals surface area contributed by atoms with Crippen LogP contribution < -0.4 is 30.7 Å². The van der Waals surface area contributed by atoms with Crippen molar-refractivity contribution in [2.45, 2.75) is 85.2 Å². The van der Waals surface area contributed by atoms with Crippen molar-refractivity contribution in [2.75, 3.05) is 26.3 Å². The number of carbonyl (C=O) groups is 6. The maximum absolute atomic E-state index is 12.2. The number of nitrogens with one attached hydrogen (secondary N) is 4. The summed E-state index contributed by atoms with van der Waals surface area (Å²) in [7, 11) is 0. The zero-order chi connectivity index (χ0) is 47.4. The van der Waals surface area contributed by atoms with Gasteiger partial charge in [0.2, 0.25) is 11.8 Å². The molecule has 4 amide bonds. The highest BCUT2D eigenvalue weighted by Gasteiger charge is 2.65. The molecule has 4 saturated heterocycles. The quantitative estimate of drug-likeness (QED) is 0.0626. The molecule has 20 nitrogen and oxygen atoms in total. The van der Waals surface area contributed by atoms with E-state index in [4.69, 9.17) is 9.47 Å². The molecule has 4 aliphatic rings. The van der Waals surface area contributed by atoms with Crippen molar-refractivity contribution in [2.24, 2.45) is 0 Å². The van der Waals surface area contributed by atoms with Crippen molar-refractivity contribution in [3.63, 3.8) is 0 Å². The molecule has 4 aromatic rings. The Bertz CT molecular complexity index is 2140. The first-order chi connectivity index (χ1) is 31.6. The second-order valence-electron chi connectivity index (χ2n) is 16.8. The van der Waals surface area contributed by atoms with Crippen molar-refractivity contribution in [1.82, 2.24) is 31.1 Å². The first-order valence-corrected chi connectivity index (χ1v) is 23.2. The third-order valence-electron chi connectivity index (χ3n) is 11.0. The molecule has 4 aromatic carbocycles. The number of carboxylic acid groups (broad SMARTS) is 2. The Hall–Kier alpha value is -6.24. The average molecular weight is 1010 g/mol. The highest BCUT2D eigenvalue weighted by molar-refractivity contribution is 8.02. The Morgan fingerprint density at radius 1 is 0.529 bits per heavy atom. The second-order valence-corrected chi connectivity index (χ2v) is 20.4. The zero-order valence-corrected chi connectivity index (χ0v) is 40.8. The summed E-state index contributed by atoms with van der Waals surface area (Å²) in [5, 5.41) is 30.1. The highest BCUT2D eigenvalue weighted by atomic mass is 32.2. The first-order valence-electron chi connectivity index (χ1n) is 21.5. The number of carboxylic acids is 2. The van der Waals surface area contributed by atoms with Crippen LogP contribution in [0.15, 0.2) is 121 Å². The Morgan fingerprint density at radius 2 is 0.829 bits per heavy atom. The van der Waals surface area contributed by atoms with Gasteiger partial charge in [-0.05, 0) is 63.1 Å². The Balaban J connectivity index is 0.000000354. The number of amides is 4. The number of para-hydroxylation sites is 2. The van der Waals surface area contributed by atoms with Gasteiger partial charge in [-0.1, -0.05) is 97.1 Å². The Morgan fingerprint density at radius 3 is 1.13 bits per heavy atom. The monoisotopic (exact) mass is 1010 g/mol. The van der Waals surface area contributed by atoms with E-state index in [1.807, 2.05) is 24.3 Å². The number of fused-ring (bicyclic) bond motifs is 2. The summed E-state index contributed by atoms with van der Waals surface area (Å²) in [5.74, 6) is -2.46. The summed E-state index contributed by atoms with van der Waals surface area (Å²) < 4.78 is 9.48. The summed E-state index contributed by atoms with van der Waals surface area (Å²) in [4.78, 5) is 74.0. The Kier molecular flexibility index (Phi) is 23.3. The van der Waals surface area contributed by atoms with Crippen molar-refractivity contribution in [1.29, 1.82) is 0 Å². The number of hydrogen-bond donors (Lipinski definition) is 6. The molecule has 4 fully saturated rings. The van der Waals surface area contributed by atoms with E-state index in [2.05, 4.69) is 69.8 Å². The molecule has 4 aliphatic heterocycles. The molecule has 22 heteroatoms. The SMILES string of the molecule is CC1(C)SC2C(NC(=O)COc3ccccc3)C(=O)N2C1C(=O)O.CC1(C)SC2C(NC(=O)COc3ccccc3)C(=O)N2C1C(=O)O.O.O.O.O.c1ccc(CNCCNCc2ccccc2)cc1. The average Bonchev–Trinajstić information content (AvgIpc) is 3.73. The van der Waals surface area contributed by atoms with Gasteiger partial charge in [0.1, 0.15) is 46.4 Å². The van der Waals surface area contributed by atoms with Crippen molar-refractivity contribution < 1.29 is 70.4 Å². The van der Waals surface area contributed by atoms with Gasteiger partial charge in [-0.2, -0.15) is 0 Å². The number of aliphatic carboxylic acids is 2. The van der Waals surface area contributed by atoms with Crippen LogP contribution in [0.25, 0.3) is 0 Å². The van der Waals surface area contributed by atoms with Gasteiger partial charge in [-0.25, -0.2) is 9.59 Å². The molecule has 6 unspecified atom stereocenters. The lowest BCUT2D eigenvalue weighted by atomic mass is 9.96. The maximum atomic E-state index is 12.2. The van der Waals surface area contributed by atoms with E-state index in [1.165, 1.54) is 44.5 Å². The molecule has 0 saturated carbocycles. The molecule has 0 bridgehead atoms. The number of carbonyl (C=O) groups excluding carboxylic acids is 4. The molecular weight excluding hydrogens is 949 g/mol. The number of rotatable bonds is 17. The summed E-state index contributed by atoms with van der Waals surface area (Å²) in [6, 6.07) is 35.6. The van der Waals surface area contributed by atoms with Gasteiger partial charge < -0.3 is 72.7 Å². The second kappa shape index (κ2) is 27.2. The normalized spacial score (nSPS) is 21.3. The summed E-state index contributed by atoms with van der Waals surface area (Å²) in [6.45, 7) is 10.6. The van der Waals surface area contributed by atoms with E-state index >= 15 is 0 Å². The van der Waals surface area contributed by atoms with Crippen molar-refractivity contribution in [3.05, 3.63) is 132 Å². The van der Waals surface area contributed by atoms with E-state index in [0.717, 1.165) is 26.2 Å². The summed E-state index contributed by atoms with van der Waals surface area (Å²) in [6.07, 6.45) is 0. The molecule has 0 radical (unpaired) electrons. The molecule has 382 valence electrons. The molecule has 6 atom stereocenters. The van der Waals surface area contributed by atoms with Crippen LogP contribution in [-0.2, 0) is 41.9 Å². The fraction of sp³-hybridized carbons (Fsp3) is 0.375. The lowest BCUT2D eigenvalue weighted by Crippen LogP contribution is -2.70. The minimum absolute atomic E-state index is 0. The molecule has 70 heavy (non-hydrogen) atoms. The molecule has 14 N–H and O–H groups in total. The van der Waals surface area contributed by atoms with Gasteiger partial charge in [0.25, 0.3) is 11.8 Å². The molecule has 4 heterocycles. The van der Waals surface area contributed by atoms with E-state index in [0.29, 0.717) is 11.5 Å². The van der Waals surface area contributed by atoms with Crippen LogP contribution in [0, 0.1) is 0 Å². The third-order valence-corrected chi connectivity index (χ3v) is 14.2. The smallest absolute Gasteiger partial charge is 0.327 e.